The number of hydrogen-bond acceptors (Lipinski definition) is 12. The van der Waals surface area contributed by atoms with Crippen LogP contribution in [0, 0.1) is 0 Å². The van der Waals surface area contributed by atoms with E-state index in [1.54, 1.807) is 55.4 Å². The van der Waals surface area contributed by atoms with Gasteiger partial charge in [-0.3, -0.25) is 24.2 Å². The van der Waals surface area contributed by atoms with Gasteiger partial charge in [-0.2, -0.15) is 0 Å². The molecule has 1 unspecified atom stereocenters. The minimum absolute atomic E-state index is 0.0503. The molecule has 0 radical (unpaired) electrons. The molecule has 1 atom stereocenters. The van der Waals surface area contributed by atoms with Crippen LogP contribution in [0.2, 0.25) is 0 Å². The second-order valence-corrected chi connectivity index (χ2v) is 16.2. The van der Waals surface area contributed by atoms with E-state index in [1.807, 2.05) is 4.90 Å². The second-order valence-electron chi connectivity index (χ2n) is 16.2. The minimum atomic E-state index is -0.913. The molecule has 13 nitrogen and oxygen atoms in total. The molecule has 0 heterocycles. The van der Waals surface area contributed by atoms with Crippen molar-refractivity contribution in [2.75, 3.05) is 72.2 Å². The lowest BCUT2D eigenvalue weighted by Gasteiger charge is -2.35. The Morgan fingerprint density at radius 2 is 1.05 bits per heavy atom. The Balaban J connectivity index is 2.89. The molecule has 56 heavy (non-hydrogen) atoms. The first-order valence-corrected chi connectivity index (χ1v) is 20.9. The Morgan fingerprint density at radius 1 is 0.607 bits per heavy atom. The number of imide groups is 1. The smallest absolute Gasteiger partial charge is 0.444 e. The summed E-state index contributed by atoms with van der Waals surface area (Å²) in [7, 11) is 0. The van der Waals surface area contributed by atoms with E-state index in [9.17, 15) is 19.2 Å². The maximum absolute atomic E-state index is 12.7. The number of carbonyl (C=O) groups excluding carboxylic acids is 4. The van der Waals surface area contributed by atoms with Gasteiger partial charge in [0.25, 0.3) is 0 Å². The number of ether oxygens (including phenoxy) is 4. The fourth-order valence-corrected chi connectivity index (χ4v) is 6.26. The molecule has 1 rings (SSSR count). The number of rotatable bonds is 27. The Bertz CT molecular complexity index is 1210. The molecular formula is C43H76N4O9. The number of carbonyl (C=O) groups is 4. The van der Waals surface area contributed by atoms with Gasteiger partial charge in [-0.05, 0) is 131 Å². The quantitative estimate of drug-likeness (QED) is 0.0375. The molecular weight excluding hydrogens is 716 g/mol. The lowest BCUT2D eigenvalue weighted by molar-refractivity contribution is -0.148. The molecule has 0 N–H and O–H groups in total. The van der Waals surface area contributed by atoms with E-state index in [0.29, 0.717) is 43.7 Å². The monoisotopic (exact) mass is 793 g/mol. The van der Waals surface area contributed by atoms with Crippen LogP contribution in [-0.4, -0.2) is 133 Å². The first-order chi connectivity index (χ1) is 26.4. The summed E-state index contributed by atoms with van der Waals surface area (Å²) in [5, 5.41) is 0.569. The summed E-state index contributed by atoms with van der Waals surface area (Å²) in [6, 6.07) is 8.93. The summed E-state index contributed by atoms with van der Waals surface area (Å²) in [6.45, 7) is 26.7. The highest BCUT2D eigenvalue weighted by Gasteiger charge is 2.32. The normalized spacial score (nSPS) is 12.5. The lowest BCUT2D eigenvalue weighted by Crippen LogP contribution is -2.46. The predicted octanol–water partition coefficient (Wildman–Crippen LogP) is 7.68. The number of benzene rings is 1. The molecule has 0 saturated heterocycles. The molecule has 0 aliphatic rings. The average molecular weight is 793 g/mol. The average Bonchev–Trinajstić information content (AvgIpc) is 3.09. The lowest BCUT2D eigenvalue weighted by atomic mass is 10.00. The van der Waals surface area contributed by atoms with Gasteiger partial charge >= 0.3 is 24.1 Å². The number of amides is 2. The van der Waals surface area contributed by atoms with Gasteiger partial charge < -0.3 is 23.8 Å². The van der Waals surface area contributed by atoms with Crippen LogP contribution in [0.3, 0.4) is 0 Å². The summed E-state index contributed by atoms with van der Waals surface area (Å²) >= 11 is 0. The van der Waals surface area contributed by atoms with Gasteiger partial charge in [0.15, 0.2) is 0 Å². The van der Waals surface area contributed by atoms with E-state index in [1.165, 1.54) is 5.56 Å². The van der Waals surface area contributed by atoms with Crippen molar-refractivity contribution in [1.29, 1.82) is 0 Å². The van der Waals surface area contributed by atoms with Gasteiger partial charge in [-0.1, -0.05) is 50.1 Å². The van der Waals surface area contributed by atoms with Crippen molar-refractivity contribution in [3.63, 3.8) is 0 Å². The van der Waals surface area contributed by atoms with Crippen molar-refractivity contribution >= 4 is 24.1 Å². The summed E-state index contributed by atoms with van der Waals surface area (Å²) < 4.78 is 21.1. The van der Waals surface area contributed by atoms with E-state index in [2.05, 4.69) is 54.8 Å². The van der Waals surface area contributed by atoms with Crippen LogP contribution >= 0.6 is 0 Å². The zero-order valence-corrected chi connectivity index (χ0v) is 36.8. The first-order valence-electron chi connectivity index (χ1n) is 20.9. The molecule has 0 saturated carbocycles. The highest BCUT2D eigenvalue weighted by atomic mass is 16.8. The third-order valence-electron chi connectivity index (χ3n) is 8.76. The summed E-state index contributed by atoms with van der Waals surface area (Å²) in [6.07, 6.45) is 5.68. The summed E-state index contributed by atoms with van der Waals surface area (Å²) in [4.78, 5) is 62.7. The van der Waals surface area contributed by atoms with Crippen LogP contribution in [0.25, 0.3) is 0 Å². The number of nitrogens with zero attached hydrogens (tertiary/aromatic N) is 4. The van der Waals surface area contributed by atoms with E-state index in [0.717, 1.165) is 76.8 Å². The highest BCUT2D eigenvalue weighted by Crippen LogP contribution is 2.18. The molecule has 2 amide bonds. The number of aryl methyl sites for hydroxylation is 2. The first kappa shape index (κ1) is 50.8. The van der Waals surface area contributed by atoms with Crippen molar-refractivity contribution in [1.82, 2.24) is 19.8 Å². The van der Waals surface area contributed by atoms with Crippen molar-refractivity contribution < 1.29 is 43.0 Å². The van der Waals surface area contributed by atoms with Crippen molar-refractivity contribution in [3.05, 3.63) is 35.4 Å². The fourth-order valence-electron chi connectivity index (χ4n) is 6.26. The van der Waals surface area contributed by atoms with Crippen LogP contribution in [0.5, 0.6) is 0 Å². The van der Waals surface area contributed by atoms with Crippen molar-refractivity contribution in [2.24, 2.45) is 0 Å². The number of esters is 2. The van der Waals surface area contributed by atoms with Crippen LogP contribution in [0.1, 0.15) is 126 Å². The van der Waals surface area contributed by atoms with E-state index in [4.69, 9.17) is 23.8 Å². The summed E-state index contributed by atoms with van der Waals surface area (Å²) in [5.41, 5.74) is 0.796. The molecule has 0 aromatic heterocycles. The summed E-state index contributed by atoms with van der Waals surface area (Å²) in [5.74, 6) is -0.676. The van der Waals surface area contributed by atoms with Gasteiger partial charge in [0.1, 0.15) is 11.2 Å². The molecule has 0 aliphatic heterocycles. The molecule has 0 bridgehead atoms. The topological polar surface area (TPSA) is 127 Å². The molecule has 0 aliphatic carbocycles. The molecule has 0 spiro atoms. The third-order valence-corrected chi connectivity index (χ3v) is 8.76. The van der Waals surface area contributed by atoms with Crippen molar-refractivity contribution in [3.8, 4) is 0 Å². The molecule has 1 aromatic carbocycles. The second kappa shape index (κ2) is 27.4. The zero-order chi connectivity index (χ0) is 42.1. The molecule has 1 aromatic rings. The van der Waals surface area contributed by atoms with Gasteiger partial charge in [0.05, 0.1) is 32.9 Å². The SMILES string of the molecule is CCCN(CCC)CCN(CCN(CC(=O)OCC)CC(=O)OCC)C(CC)CCCc1ccc(CCCON(C(=O)OC(C)(C)C)C(=O)OC(C)(C)C)cc1. The maximum Gasteiger partial charge on any atom is 0.444 e. The molecule has 322 valence electrons. The van der Waals surface area contributed by atoms with Crippen LogP contribution in [0.4, 0.5) is 9.59 Å². The maximum atomic E-state index is 12.7. The number of hydrogen-bond donors (Lipinski definition) is 0. The third kappa shape index (κ3) is 23.1. The fraction of sp³-hybridized carbons (Fsp3) is 0.767. The molecule has 13 heteroatoms. The number of hydroxylamine groups is 2. The van der Waals surface area contributed by atoms with Gasteiger partial charge in [-0.15, -0.1) is 0 Å². The Kier molecular flexibility index (Phi) is 24.8. The van der Waals surface area contributed by atoms with E-state index >= 15 is 0 Å². The predicted molar refractivity (Wildman–Crippen MR) is 220 cm³/mol. The molecule has 0 fully saturated rings. The van der Waals surface area contributed by atoms with E-state index < -0.39 is 23.4 Å². The minimum Gasteiger partial charge on any atom is -0.465 e. The largest absolute Gasteiger partial charge is 0.465 e. The van der Waals surface area contributed by atoms with E-state index in [-0.39, 0.29) is 31.6 Å². The van der Waals surface area contributed by atoms with Crippen molar-refractivity contribution in [2.45, 2.75) is 145 Å². The highest BCUT2D eigenvalue weighted by molar-refractivity contribution is 5.86. The Hall–Kier alpha value is -3.26. The van der Waals surface area contributed by atoms with Gasteiger partial charge in [0.2, 0.25) is 0 Å². The Labute approximate surface area is 338 Å². The zero-order valence-electron chi connectivity index (χ0n) is 36.8. The Morgan fingerprint density at radius 3 is 1.46 bits per heavy atom. The van der Waals surface area contributed by atoms with Gasteiger partial charge in [-0.25, -0.2) is 9.59 Å². The van der Waals surface area contributed by atoms with Crippen LogP contribution in [-0.2, 0) is 46.2 Å². The van der Waals surface area contributed by atoms with Gasteiger partial charge in [0, 0.05) is 32.2 Å². The standard InChI is InChI=1S/C43H76N4O9/c1-12-26-44(27-13-2)28-30-46(31-29-45(33-38(48)52-15-4)34-39(49)53-16-5)37(14-3)21-17-19-35-22-24-36(25-23-35)20-18-32-54-47(40(50)55-42(6,7)8)41(51)56-43(9,10)11/h22-25,37H,12-21,26-34H2,1-11H3. The van der Waals surface area contributed by atoms with Crippen LogP contribution in [0.15, 0.2) is 24.3 Å². The van der Waals surface area contributed by atoms with Crippen LogP contribution < -0.4 is 0 Å².